The van der Waals surface area contributed by atoms with Crippen LogP contribution in [-0.4, -0.2) is 154 Å². The van der Waals surface area contributed by atoms with Gasteiger partial charge in [0.15, 0.2) is 22.8 Å². The second-order valence-corrected chi connectivity index (χ2v) is 24.6. The number of fused-ring (bicyclic) bond motifs is 5. The number of aromatic hydroxyl groups is 3. The fourth-order valence-corrected chi connectivity index (χ4v) is 10.9. The molecule has 4 aliphatic carbocycles. The number of Topliss-reactive ketones (excluding diaryl/α,β-unsaturated/α-hetero) is 1. The minimum Gasteiger partial charge on any atom is -0.508 e. The molecule has 3 unspecified atom stereocenters. The number of carbonyl (C=O) groups is 2. The van der Waals surface area contributed by atoms with Gasteiger partial charge in [-0.05, 0) is 155 Å². The largest absolute Gasteiger partial charge is 0.508 e. The van der Waals surface area contributed by atoms with Crippen LogP contribution in [0, 0.1) is 22.7 Å². The molecule has 16 N–H and O–H groups in total. The van der Waals surface area contributed by atoms with E-state index in [-0.39, 0.29) is 83.7 Å². The number of ketones is 2. The molecular formula is C58H88FN5O15. The number of pyridine rings is 2. The standard InChI is InChI=1S/C21H27FO6.C13H21NO3.2C12H20N2O3/c1-18-6-5-12(24)7-11(18)3-4-13-14-8-15(25)21(28,17(27)10-23)19(14,2)9-16(26)20(13,18)22;1-13(2,3)14-7-12(17)9-4-5-11(16)10(6-9)8-15;2*1-12(2,3)13-6-11(17)8-4-5-10(16)9(7-15)14-8/h5-7,13-16,23,25-26,28H,3-4,8-10H2,1-2H3;4-6,12,14-17H,7-8H2,1-3H3;2*4-5,11,13,15-17H,6-7H2,1-3H3/t13-,14-,15+,16-,18-,19-,20-,21-;;;/m0.../s1. The molecule has 0 saturated heterocycles. The average Bonchev–Trinajstić information content (AvgIpc) is 3.75. The van der Waals surface area contributed by atoms with Gasteiger partial charge in [0.2, 0.25) is 0 Å². The molecule has 20 nitrogen and oxygen atoms in total. The maximum Gasteiger partial charge on any atom is 0.192 e. The molecule has 3 aromatic rings. The van der Waals surface area contributed by atoms with Crippen LogP contribution in [0.5, 0.6) is 17.2 Å². The Balaban J connectivity index is 0.000000235. The maximum absolute atomic E-state index is 16.8. The van der Waals surface area contributed by atoms with Crippen molar-refractivity contribution in [3.05, 3.63) is 100 Å². The van der Waals surface area contributed by atoms with Crippen molar-refractivity contribution in [1.29, 1.82) is 0 Å². The number of hydrogen-bond acceptors (Lipinski definition) is 20. The molecule has 3 saturated carbocycles. The van der Waals surface area contributed by atoms with E-state index in [0.29, 0.717) is 60.6 Å². The summed E-state index contributed by atoms with van der Waals surface area (Å²) in [7, 11) is 0. The summed E-state index contributed by atoms with van der Waals surface area (Å²) in [5.74, 6) is -2.46. The van der Waals surface area contributed by atoms with Crippen molar-refractivity contribution < 1.29 is 80.4 Å². The van der Waals surface area contributed by atoms with Crippen LogP contribution in [0.4, 0.5) is 4.39 Å². The summed E-state index contributed by atoms with van der Waals surface area (Å²) in [4.78, 5) is 32.2. The summed E-state index contributed by atoms with van der Waals surface area (Å²) in [5, 5.41) is 136. The maximum atomic E-state index is 16.8. The van der Waals surface area contributed by atoms with Crippen molar-refractivity contribution >= 4 is 11.6 Å². The van der Waals surface area contributed by atoms with Gasteiger partial charge in [0.05, 0.1) is 49.5 Å². The number of hydrogen-bond donors (Lipinski definition) is 16. The number of rotatable bonds is 14. The number of alkyl halides is 1. The van der Waals surface area contributed by atoms with Gasteiger partial charge in [-0.15, -0.1) is 0 Å². The Hall–Kier alpha value is -4.85. The van der Waals surface area contributed by atoms with E-state index in [4.69, 9.17) is 15.3 Å². The Bertz CT molecular complexity index is 2440. The Morgan fingerprint density at radius 2 is 1.16 bits per heavy atom. The van der Waals surface area contributed by atoms with Gasteiger partial charge < -0.3 is 82.3 Å². The molecule has 3 fully saturated rings. The molecule has 0 radical (unpaired) electrons. The molecule has 2 aromatic heterocycles. The van der Waals surface area contributed by atoms with Gasteiger partial charge >= 0.3 is 0 Å². The van der Waals surface area contributed by atoms with Gasteiger partial charge in [-0.1, -0.05) is 24.6 Å². The summed E-state index contributed by atoms with van der Waals surface area (Å²) >= 11 is 0. The van der Waals surface area contributed by atoms with Crippen molar-refractivity contribution in [3.63, 3.8) is 0 Å². The summed E-state index contributed by atoms with van der Waals surface area (Å²) in [5.41, 5.74) is -4.01. The number of benzene rings is 1. The van der Waals surface area contributed by atoms with Gasteiger partial charge in [0.1, 0.15) is 47.5 Å². The fourth-order valence-electron chi connectivity index (χ4n) is 10.9. The third-order valence-electron chi connectivity index (χ3n) is 15.5. The summed E-state index contributed by atoms with van der Waals surface area (Å²) in [6.07, 6.45) is -0.250. The molecule has 11 atom stereocenters. The van der Waals surface area contributed by atoms with Gasteiger partial charge in [0, 0.05) is 58.6 Å². The number of phenols is 1. The lowest BCUT2D eigenvalue weighted by Crippen LogP contribution is -2.69. The van der Waals surface area contributed by atoms with Gasteiger partial charge in [-0.25, -0.2) is 14.4 Å². The van der Waals surface area contributed by atoms with Crippen LogP contribution in [0.1, 0.15) is 154 Å². The number of allylic oxidation sites excluding steroid dienone is 4. The first-order valence-electron chi connectivity index (χ1n) is 26.6. The number of halogens is 1. The van der Waals surface area contributed by atoms with E-state index >= 15 is 4.39 Å². The first-order valence-corrected chi connectivity index (χ1v) is 26.6. The second-order valence-electron chi connectivity index (χ2n) is 24.6. The van der Waals surface area contributed by atoms with Crippen molar-refractivity contribution in [2.45, 2.75) is 180 Å². The molecule has 0 bridgehead atoms. The number of β-amino-alcohol motifs (C(OH)–C–C–N with tert-alkyl or cyclic N) is 3. The molecular weight excluding hydrogens is 1030 g/mol. The molecule has 4 aliphatic rings. The molecule has 0 amide bonds. The third-order valence-corrected chi connectivity index (χ3v) is 15.5. The number of aliphatic hydroxyl groups excluding tert-OH is 9. The minimum atomic E-state index is -2.23. The molecule has 2 heterocycles. The smallest absolute Gasteiger partial charge is 0.192 e. The van der Waals surface area contributed by atoms with Crippen LogP contribution in [0.15, 0.2) is 66.3 Å². The fraction of sp³-hybridized carbons (Fsp3) is 0.621. The molecule has 0 aliphatic heterocycles. The zero-order chi connectivity index (χ0) is 59.9. The van der Waals surface area contributed by atoms with Gasteiger partial charge in [-0.3, -0.25) is 9.59 Å². The Morgan fingerprint density at radius 3 is 1.61 bits per heavy atom. The number of carbonyl (C=O) groups excluding carboxylic acids is 2. The molecule has 0 spiro atoms. The van der Waals surface area contributed by atoms with Crippen molar-refractivity contribution in [1.82, 2.24) is 25.9 Å². The first-order chi connectivity index (χ1) is 36.5. The van der Waals surface area contributed by atoms with Crippen molar-refractivity contribution in [2.24, 2.45) is 22.7 Å². The van der Waals surface area contributed by atoms with Crippen LogP contribution in [0.25, 0.3) is 0 Å². The quantitative estimate of drug-likeness (QED) is 0.110. The minimum absolute atomic E-state index is 0.0135. The van der Waals surface area contributed by atoms with Crippen LogP contribution in [0.3, 0.4) is 0 Å². The lowest BCUT2D eigenvalue weighted by molar-refractivity contribution is -0.222. The van der Waals surface area contributed by atoms with Crippen molar-refractivity contribution in [3.8, 4) is 17.2 Å². The molecule has 442 valence electrons. The molecule has 7 rings (SSSR count). The zero-order valence-electron chi connectivity index (χ0n) is 47.5. The summed E-state index contributed by atoms with van der Waals surface area (Å²) in [6.45, 7) is 20.7. The predicted octanol–water partition coefficient (Wildman–Crippen LogP) is 3.33. The van der Waals surface area contributed by atoms with E-state index in [2.05, 4.69) is 25.9 Å². The number of aliphatic hydroxyl groups is 10. The topological polar surface area (TPSA) is 359 Å². The first kappa shape index (κ1) is 66.7. The second kappa shape index (κ2) is 26.4. The van der Waals surface area contributed by atoms with Crippen LogP contribution < -0.4 is 16.0 Å². The molecule has 1 aromatic carbocycles. The highest BCUT2D eigenvalue weighted by molar-refractivity contribution is 6.01. The van der Waals surface area contributed by atoms with E-state index in [0.717, 1.165) is 0 Å². The van der Waals surface area contributed by atoms with Gasteiger partial charge in [0.25, 0.3) is 0 Å². The highest BCUT2D eigenvalue weighted by Crippen LogP contribution is 2.69. The van der Waals surface area contributed by atoms with E-state index in [1.807, 2.05) is 62.3 Å². The number of nitrogens with one attached hydrogen (secondary N) is 3. The van der Waals surface area contributed by atoms with E-state index in [1.165, 1.54) is 36.4 Å². The van der Waals surface area contributed by atoms with E-state index in [9.17, 15) is 60.7 Å². The highest BCUT2D eigenvalue weighted by Gasteiger charge is 2.76. The van der Waals surface area contributed by atoms with Crippen LogP contribution in [0.2, 0.25) is 0 Å². The molecule has 21 heteroatoms. The summed E-state index contributed by atoms with van der Waals surface area (Å²) < 4.78 is 16.8. The summed E-state index contributed by atoms with van der Waals surface area (Å²) in [6, 6.07) is 10.7. The van der Waals surface area contributed by atoms with E-state index < -0.39 is 76.8 Å². The Labute approximate surface area is 462 Å². The highest BCUT2D eigenvalue weighted by atomic mass is 19.1. The van der Waals surface area contributed by atoms with Gasteiger partial charge in [-0.2, -0.15) is 0 Å². The van der Waals surface area contributed by atoms with E-state index in [1.54, 1.807) is 38.1 Å². The third kappa shape index (κ3) is 15.6. The Kier molecular flexibility index (Phi) is 22.3. The lowest BCUT2D eigenvalue weighted by Gasteiger charge is -2.62. The number of nitrogens with zero attached hydrogens (tertiary/aromatic N) is 2. The zero-order valence-corrected chi connectivity index (χ0v) is 47.5. The van der Waals surface area contributed by atoms with Crippen molar-refractivity contribution in [2.75, 3.05) is 26.2 Å². The predicted molar refractivity (Wildman–Crippen MR) is 293 cm³/mol. The van der Waals surface area contributed by atoms with Crippen LogP contribution >= 0.6 is 0 Å². The molecule has 79 heavy (non-hydrogen) atoms. The Morgan fingerprint density at radius 1 is 0.696 bits per heavy atom. The van der Waals surface area contributed by atoms with Crippen LogP contribution in [-0.2, 0) is 29.4 Å². The monoisotopic (exact) mass is 1110 g/mol. The average molecular weight is 1110 g/mol. The lowest BCUT2D eigenvalue weighted by atomic mass is 9.44. The normalized spacial score (nSPS) is 27.5. The SMILES string of the molecule is CC(C)(C)NCC(O)c1ccc(O)c(CO)c1.CC(C)(C)NCC(O)c1ccc(O)c(CO)n1.CC(C)(C)NCC(O)c1ccc(O)c(CO)n1.C[C@]12C=CC(=O)C=C1CC[C@H]1[C@@H]3C[C@@H](O)[C@](O)(C(=O)CO)[C@@]3(C)C[C@H](O)[C@@]12F. The number of aromatic nitrogens is 2.